The van der Waals surface area contributed by atoms with E-state index in [1.165, 1.54) is 0 Å². The van der Waals surface area contributed by atoms with Crippen LogP contribution < -0.4 is 0 Å². The average molecular weight is 343 g/mol. The van der Waals surface area contributed by atoms with Gasteiger partial charge in [-0.1, -0.05) is 38.5 Å². The summed E-state index contributed by atoms with van der Waals surface area (Å²) in [7, 11) is 0. The Kier molecular flexibility index (Phi) is 8.97. The Morgan fingerprint density at radius 3 is 1.08 bits per heavy atom. The van der Waals surface area contributed by atoms with Crippen molar-refractivity contribution < 1.29 is 19.6 Å². The van der Waals surface area contributed by atoms with Crippen LogP contribution in [0.25, 0.3) is 0 Å². The molecule has 4 heteroatoms. The summed E-state index contributed by atoms with van der Waals surface area (Å²) in [5, 5.41) is 0. The summed E-state index contributed by atoms with van der Waals surface area (Å²) < 4.78 is 0. The van der Waals surface area contributed by atoms with Gasteiger partial charge in [0.25, 0.3) is 0 Å². The lowest BCUT2D eigenvalue weighted by Crippen LogP contribution is -2.34. The molecule has 0 N–H and O–H groups in total. The van der Waals surface area contributed by atoms with Crippen molar-refractivity contribution in [2.75, 3.05) is 0 Å². The molecule has 24 heavy (non-hydrogen) atoms. The second-order valence-electron chi connectivity index (χ2n) is 8.62. The summed E-state index contributed by atoms with van der Waals surface area (Å²) >= 11 is 0. The van der Waals surface area contributed by atoms with E-state index in [2.05, 4.69) is 25.7 Å². The molecule has 0 aliphatic carbocycles. The molecule has 0 aromatic rings. The van der Waals surface area contributed by atoms with E-state index in [1.807, 2.05) is 55.4 Å². The van der Waals surface area contributed by atoms with Gasteiger partial charge in [-0.15, -0.1) is 0 Å². The van der Waals surface area contributed by atoms with E-state index in [0.717, 1.165) is 25.7 Å². The Hall–Kier alpha value is -0.600. The normalized spacial score (nSPS) is 13.6. The van der Waals surface area contributed by atoms with Crippen molar-refractivity contribution in [3.63, 3.8) is 0 Å². The Bertz CT molecular complexity index is 387. The van der Waals surface area contributed by atoms with Gasteiger partial charge in [0.15, 0.2) is 11.2 Å². The minimum atomic E-state index is -0.732. The van der Waals surface area contributed by atoms with E-state index in [0.29, 0.717) is 0 Å². The monoisotopic (exact) mass is 342 g/mol. The molecular weight excluding hydrogens is 304 g/mol. The molecule has 0 amide bonds. The molecule has 0 radical (unpaired) electrons. The van der Waals surface area contributed by atoms with Crippen LogP contribution in [-0.4, -0.2) is 22.4 Å². The first kappa shape index (κ1) is 23.4. The highest BCUT2D eigenvalue weighted by Crippen LogP contribution is 2.23. The fourth-order valence-electron chi connectivity index (χ4n) is 2.06. The summed E-state index contributed by atoms with van der Waals surface area (Å²) in [5.74, 6) is 6.16. The van der Waals surface area contributed by atoms with Crippen LogP contribution in [-0.2, 0) is 19.6 Å². The van der Waals surface area contributed by atoms with Crippen molar-refractivity contribution in [3.05, 3.63) is 0 Å². The maximum absolute atomic E-state index is 5.57. The second-order valence-corrected chi connectivity index (χ2v) is 8.62. The molecule has 0 saturated heterocycles. The Balaban J connectivity index is 4.68. The van der Waals surface area contributed by atoms with E-state index < -0.39 is 11.2 Å². The first-order valence-corrected chi connectivity index (χ1v) is 9.02. The molecule has 0 bridgehead atoms. The highest BCUT2D eigenvalue weighted by molar-refractivity contribution is 5.17. The molecule has 0 unspecified atom stereocenters. The summed E-state index contributed by atoms with van der Waals surface area (Å²) in [6.45, 7) is 19.8. The van der Waals surface area contributed by atoms with E-state index in [-0.39, 0.29) is 11.2 Å². The van der Waals surface area contributed by atoms with E-state index in [1.54, 1.807) is 0 Å². The van der Waals surface area contributed by atoms with Crippen molar-refractivity contribution in [1.29, 1.82) is 0 Å². The number of rotatable bonds is 10. The van der Waals surface area contributed by atoms with Crippen LogP contribution in [0.2, 0.25) is 0 Å². The molecule has 0 fully saturated rings. The van der Waals surface area contributed by atoms with Gasteiger partial charge in [-0.3, -0.25) is 0 Å². The third-order valence-electron chi connectivity index (χ3n) is 3.32. The van der Waals surface area contributed by atoms with Gasteiger partial charge in [-0.05, 0) is 68.2 Å². The minimum absolute atomic E-state index is 0.326. The van der Waals surface area contributed by atoms with Crippen LogP contribution in [0.3, 0.4) is 0 Å². The van der Waals surface area contributed by atoms with Crippen LogP contribution in [0.1, 0.15) is 94.9 Å². The van der Waals surface area contributed by atoms with Gasteiger partial charge in [0.05, 0.1) is 11.2 Å². The van der Waals surface area contributed by atoms with Gasteiger partial charge in [0, 0.05) is 0 Å². The number of hydrogen-bond acceptors (Lipinski definition) is 4. The predicted molar refractivity (Wildman–Crippen MR) is 98.2 cm³/mol. The summed E-state index contributed by atoms with van der Waals surface area (Å²) in [6, 6.07) is 0. The predicted octanol–water partition coefficient (Wildman–Crippen LogP) is 5.60. The molecular formula is C20H38O4. The van der Waals surface area contributed by atoms with Crippen molar-refractivity contribution in [2.24, 2.45) is 0 Å². The lowest BCUT2D eigenvalue weighted by Gasteiger charge is -2.29. The maximum atomic E-state index is 5.57. The first-order chi connectivity index (χ1) is 10.7. The molecule has 0 aliphatic rings. The van der Waals surface area contributed by atoms with Gasteiger partial charge in [0.1, 0.15) is 0 Å². The molecule has 0 atom stereocenters. The first-order valence-electron chi connectivity index (χ1n) is 9.02. The quantitative estimate of drug-likeness (QED) is 0.294. The molecule has 0 saturated carbocycles. The fraction of sp³-hybridized carbons (Fsp3) is 0.900. The van der Waals surface area contributed by atoms with Crippen molar-refractivity contribution >= 4 is 0 Å². The van der Waals surface area contributed by atoms with E-state index in [9.17, 15) is 0 Å². The van der Waals surface area contributed by atoms with Crippen molar-refractivity contribution in [1.82, 2.24) is 0 Å². The van der Waals surface area contributed by atoms with Gasteiger partial charge in [-0.2, -0.15) is 0 Å². The third-order valence-corrected chi connectivity index (χ3v) is 3.32. The maximum Gasteiger partial charge on any atom is 0.158 e. The molecule has 0 heterocycles. The lowest BCUT2D eigenvalue weighted by molar-refractivity contribution is -0.391. The van der Waals surface area contributed by atoms with Crippen molar-refractivity contribution in [2.45, 2.75) is 117 Å². The Labute approximate surface area is 149 Å². The zero-order valence-electron chi connectivity index (χ0n) is 17.5. The molecule has 4 nitrogen and oxygen atoms in total. The average Bonchev–Trinajstić information content (AvgIpc) is 2.42. The zero-order chi connectivity index (χ0) is 19.1. The SMILES string of the molecule is CCCC(C)(C)OOC(C)(C)C#CC(C)(C)OOC(C)(C)CCC. The molecule has 142 valence electrons. The molecule has 0 rings (SSSR count). The van der Waals surface area contributed by atoms with Crippen LogP contribution in [0.4, 0.5) is 0 Å². The summed E-state index contributed by atoms with van der Waals surface area (Å²) in [5.41, 5.74) is -2.12. The lowest BCUT2D eigenvalue weighted by atomic mass is 10.0. The highest BCUT2D eigenvalue weighted by atomic mass is 17.2. The van der Waals surface area contributed by atoms with Crippen LogP contribution >= 0.6 is 0 Å². The molecule has 0 aliphatic heterocycles. The second kappa shape index (κ2) is 9.20. The topological polar surface area (TPSA) is 36.9 Å². The molecule has 0 aromatic heterocycles. The summed E-state index contributed by atoms with van der Waals surface area (Å²) in [6.07, 6.45) is 3.92. The fourth-order valence-corrected chi connectivity index (χ4v) is 2.06. The number of hydrogen-bond donors (Lipinski definition) is 0. The standard InChI is InChI=1S/C20H38O4/c1-11-13-17(3,4)21-23-19(7,8)15-16-20(9,10)24-22-18(5,6)14-12-2/h11-14H2,1-10H3. The Morgan fingerprint density at radius 1 is 0.542 bits per heavy atom. The largest absolute Gasteiger partial charge is 0.229 e. The Morgan fingerprint density at radius 2 is 0.833 bits per heavy atom. The highest BCUT2D eigenvalue weighted by Gasteiger charge is 2.27. The van der Waals surface area contributed by atoms with E-state index in [4.69, 9.17) is 19.6 Å². The summed E-state index contributed by atoms with van der Waals surface area (Å²) in [4.78, 5) is 22.3. The molecule has 0 aromatic carbocycles. The van der Waals surface area contributed by atoms with Gasteiger partial charge < -0.3 is 0 Å². The van der Waals surface area contributed by atoms with Crippen LogP contribution in [0, 0.1) is 11.8 Å². The minimum Gasteiger partial charge on any atom is -0.229 e. The molecule has 0 spiro atoms. The zero-order valence-corrected chi connectivity index (χ0v) is 17.5. The van der Waals surface area contributed by atoms with Gasteiger partial charge in [-0.25, -0.2) is 19.6 Å². The van der Waals surface area contributed by atoms with Gasteiger partial charge in [0.2, 0.25) is 0 Å². The van der Waals surface area contributed by atoms with Gasteiger partial charge >= 0.3 is 0 Å². The van der Waals surface area contributed by atoms with Crippen LogP contribution in [0.15, 0.2) is 0 Å². The van der Waals surface area contributed by atoms with Crippen molar-refractivity contribution in [3.8, 4) is 11.8 Å². The van der Waals surface area contributed by atoms with Crippen LogP contribution in [0.5, 0.6) is 0 Å². The third kappa shape index (κ3) is 11.0. The smallest absolute Gasteiger partial charge is 0.158 e. The van der Waals surface area contributed by atoms with E-state index >= 15 is 0 Å².